The predicted molar refractivity (Wildman–Crippen MR) is 50.9 cm³/mol. The van der Waals surface area contributed by atoms with E-state index in [4.69, 9.17) is 18.2 Å². The maximum atomic E-state index is 6.81. The summed E-state index contributed by atoms with van der Waals surface area (Å²) in [5, 5.41) is 1.30. The van der Waals surface area contributed by atoms with Crippen LogP contribution in [0.2, 0.25) is 5.02 Å². The molecule has 58 valence electrons. The van der Waals surface area contributed by atoms with Gasteiger partial charge < -0.3 is 0 Å². The van der Waals surface area contributed by atoms with Crippen LogP contribution in [0.4, 0.5) is 5.00 Å². The number of hydrogen-bond acceptors (Lipinski definition) is 2. The van der Waals surface area contributed by atoms with Crippen LogP contribution in [0, 0.1) is 6.57 Å². The molecule has 2 heterocycles. The maximum absolute atomic E-state index is 6.81. The van der Waals surface area contributed by atoms with Crippen LogP contribution in [0.25, 0.3) is 15.1 Å². The molecule has 0 amide bonds. The Balaban J connectivity index is 2.85. The molecule has 0 unspecified atom stereocenters. The molecule has 0 atom stereocenters. The first-order valence-corrected chi connectivity index (χ1v) is 4.42. The second-order valence-electron chi connectivity index (χ2n) is 2.20. The summed E-state index contributed by atoms with van der Waals surface area (Å²) in [6.45, 7) is 6.81. The zero-order valence-corrected chi connectivity index (χ0v) is 7.49. The Bertz CT molecular complexity index is 469. The minimum atomic E-state index is 0.630. The summed E-state index contributed by atoms with van der Waals surface area (Å²) >= 11 is 7.27. The van der Waals surface area contributed by atoms with E-state index in [1.807, 2.05) is 0 Å². The normalized spacial score (nSPS) is 10.0. The Hall–Kier alpha value is -1.11. The number of nitrogens with zero attached hydrogens (tertiary/aromatic N) is 2. The Labute approximate surface area is 78.2 Å². The van der Waals surface area contributed by atoms with Crippen molar-refractivity contribution >= 4 is 38.2 Å². The molecule has 2 nitrogen and oxygen atoms in total. The van der Waals surface area contributed by atoms with E-state index in [2.05, 4.69) is 9.83 Å². The first kappa shape index (κ1) is 7.53. The Morgan fingerprint density at radius 3 is 3.08 bits per heavy atom. The second-order valence-corrected chi connectivity index (χ2v) is 3.64. The molecule has 0 aliphatic carbocycles. The van der Waals surface area contributed by atoms with Crippen LogP contribution in [-0.4, -0.2) is 4.98 Å². The number of aromatic nitrogens is 1. The molecule has 2 aromatic heterocycles. The average molecular weight is 195 g/mol. The molecule has 0 aliphatic rings. The Morgan fingerprint density at radius 2 is 2.42 bits per heavy atom. The molecular formula is C8H3ClN2S. The third kappa shape index (κ3) is 1.06. The van der Waals surface area contributed by atoms with Crippen molar-refractivity contribution in [2.75, 3.05) is 0 Å². The van der Waals surface area contributed by atoms with Gasteiger partial charge in [0.05, 0.1) is 21.8 Å². The zero-order chi connectivity index (χ0) is 8.55. The maximum Gasteiger partial charge on any atom is 0.243 e. The summed E-state index contributed by atoms with van der Waals surface area (Å²) in [6, 6.07) is 3.48. The summed E-state index contributed by atoms with van der Waals surface area (Å²) < 4.78 is 0.894. The van der Waals surface area contributed by atoms with E-state index in [0.717, 1.165) is 10.2 Å². The predicted octanol–water partition coefficient (Wildman–Crippen LogP) is 3.50. The third-order valence-electron chi connectivity index (χ3n) is 1.46. The smallest absolute Gasteiger partial charge is 0.243 e. The second kappa shape index (κ2) is 2.74. The number of thiophene rings is 1. The monoisotopic (exact) mass is 194 g/mol. The van der Waals surface area contributed by atoms with E-state index in [9.17, 15) is 0 Å². The van der Waals surface area contributed by atoms with Crippen molar-refractivity contribution in [1.82, 2.24) is 4.98 Å². The van der Waals surface area contributed by atoms with Crippen molar-refractivity contribution in [1.29, 1.82) is 0 Å². The molecule has 0 saturated heterocycles. The molecule has 0 fully saturated rings. The van der Waals surface area contributed by atoms with Gasteiger partial charge in [-0.1, -0.05) is 11.6 Å². The van der Waals surface area contributed by atoms with Gasteiger partial charge in [0.1, 0.15) is 0 Å². The topological polar surface area (TPSA) is 17.2 Å². The number of rotatable bonds is 0. The highest BCUT2D eigenvalue weighted by molar-refractivity contribution is 7.23. The van der Waals surface area contributed by atoms with Crippen LogP contribution >= 0.6 is 22.9 Å². The molecule has 0 N–H and O–H groups in total. The van der Waals surface area contributed by atoms with E-state index < -0.39 is 0 Å². The van der Waals surface area contributed by atoms with Crippen LogP contribution in [-0.2, 0) is 0 Å². The molecule has 2 aromatic rings. The molecule has 0 aromatic carbocycles. The summed E-state index contributed by atoms with van der Waals surface area (Å²) in [5.41, 5.74) is 0.804. The number of hydrogen-bond donors (Lipinski definition) is 0. The van der Waals surface area contributed by atoms with E-state index in [0.29, 0.717) is 10.0 Å². The number of halogens is 1. The van der Waals surface area contributed by atoms with Gasteiger partial charge in [-0.2, -0.15) is 11.3 Å². The number of fused-ring (bicyclic) bond motifs is 1. The average Bonchev–Trinajstić information content (AvgIpc) is 2.49. The molecular weight excluding hydrogens is 192 g/mol. The Kier molecular flexibility index (Phi) is 1.72. The molecule has 2 rings (SSSR count). The summed E-state index contributed by atoms with van der Waals surface area (Å²) in [6.07, 6.45) is 1.64. The Morgan fingerprint density at radius 1 is 1.58 bits per heavy atom. The SMILES string of the molecule is [C-]#[N+]c1cc2nccc(Cl)c2s1. The van der Waals surface area contributed by atoms with Gasteiger partial charge in [0.15, 0.2) is 0 Å². The van der Waals surface area contributed by atoms with E-state index >= 15 is 0 Å². The fraction of sp³-hybridized carbons (Fsp3) is 0. The van der Waals surface area contributed by atoms with Crippen LogP contribution in [0.1, 0.15) is 0 Å². The first-order valence-electron chi connectivity index (χ1n) is 3.23. The van der Waals surface area contributed by atoms with Crippen LogP contribution in [0.5, 0.6) is 0 Å². The summed E-state index contributed by atoms with van der Waals surface area (Å²) in [5.74, 6) is 0. The van der Waals surface area contributed by atoms with E-state index in [1.165, 1.54) is 11.3 Å². The van der Waals surface area contributed by atoms with Crippen molar-refractivity contribution in [3.05, 3.63) is 34.8 Å². The molecule has 0 bridgehead atoms. The first-order chi connectivity index (χ1) is 5.81. The largest absolute Gasteiger partial charge is 0.257 e. The van der Waals surface area contributed by atoms with Gasteiger partial charge in [-0.3, -0.25) is 4.98 Å². The van der Waals surface area contributed by atoms with Gasteiger partial charge in [0.2, 0.25) is 5.00 Å². The van der Waals surface area contributed by atoms with Crippen molar-refractivity contribution in [2.24, 2.45) is 0 Å². The van der Waals surface area contributed by atoms with Crippen LogP contribution < -0.4 is 0 Å². The highest BCUT2D eigenvalue weighted by Crippen LogP contribution is 2.34. The van der Waals surface area contributed by atoms with E-state index in [1.54, 1.807) is 18.3 Å². The lowest BCUT2D eigenvalue weighted by atomic mass is 10.4. The van der Waals surface area contributed by atoms with Crippen molar-refractivity contribution in [3.63, 3.8) is 0 Å². The van der Waals surface area contributed by atoms with Gasteiger partial charge in [0, 0.05) is 6.20 Å². The van der Waals surface area contributed by atoms with Crippen molar-refractivity contribution < 1.29 is 0 Å². The highest BCUT2D eigenvalue weighted by atomic mass is 35.5. The van der Waals surface area contributed by atoms with Crippen molar-refractivity contribution in [2.45, 2.75) is 0 Å². The lowest BCUT2D eigenvalue weighted by molar-refractivity contribution is 1.43. The van der Waals surface area contributed by atoms with Crippen LogP contribution in [0.15, 0.2) is 18.3 Å². The molecule has 0 radical (unpaired) electrons. The lowest BCUT2D eigenvalue weighted by Gasteiger charge is -1.89. The van der Waals surface area contributed by atoms with Crippen molar-refractivity contribution in [3.8, 4) is 0 Å². The standard InChI is InChI=1S/C8H3ClN2S/c1-10-7-4-6-8(12-7)5(9)2-3-11-6/h2-4H. The zero-order valence-electron chi connectivity index (χ0n) is 5.91. The van der Waals surface area contributed by atoms with Gasteiger partial charge >= 0.3 is 0 Å². The minimum absolute atomic E-state index is 0.630. The number of pyridine rings is 1. The molecule has 0 saturated carbocycles. The summed E-state index contributed by atoms with van der Waals surface area (Å²) in [4.78, 5) is 7.41. The molecule has 12 heavy (non-hydrogen) atoms. The lowest BCUT2D eigenvalue weighted by Crippen LogP contribution is -1.69. The van der Waals surface area contributed by atoms with Gasteiger partial charge in [-0.05, 0) is 12.1 Å². The fourth-order valence-corrected chi connectivity index (χ4v) is 2.03. The third-order valence-corrected chi connectivity index (χ3v) is 2.94. The van der Waals surface area contributed by atoms with Crippen LogP contribution in [0.3, 0.4) is 0 Å². The minimum Gasteiger partial charge on any atom is -0.257 e. The molecule has 0 aliphatic heterocycles. The van der Waals surface area contributed by atoms with Gasteiger partial charge in [-0.15, -0.1) is 0 Å². The molecule has 0 spiro atoms. The van der Waals surface area contributed by atoms with Gasteiger partial charge in [0.25, 0.3) is 0 Å². The van der Waals surface area contributed by atoms with E-state index in [-0.39, 0.29) is 0 Å². The highest BCUT2D eigenvalue weighted by Gasteiger charge is 2.04. The fourth-order valence-electron chi connectivity index (χ4n) is 0.950. The van der Waals surface area contributed by atoms with Gasteiger partial charge in [-0.25, -0.2) is 4.85 Å². The summed E-state index contributed by atoms with van der Waals surface area (Å²) in [7, 11) is 0. The molecule has 4 heteroatoms. The quantitative estimate of drug-likeness (QED) is 0.587.